The molecular weight excluding hydrogens is 260 g/mol. The number of nitrogens with two attached hydrogens (primary N) is 1. The summed E-state index contributed by atoms with van der Waals surface area (Å²) in [6, 6.07) is 6.42. The third kappa shape index (κ3) is 2.10. The lowest BCUT2D eigenvalue weighted by atomic mass is 9.56. The summed E-state index contributed by atoms with van der Waals surface area (Å²) in [5, 5.41) is 28.8. The van der Waals surface area contributed by atoms with Gasteiger partial charge in [0, 0.05) is 5.92 Å². The highest BCUT2D eigenvalue weighted by Crippen LogP contribution is 2.53. The van der Waals surface area contributed by atoms with Gasteiger partial charge in [-0.15, -0.1) is 0 Å². The number of nitrogens with zero attached hydrogens (tertiary/aromatic N) is 3. The Kier molecular flexibility index (Phi) is 4.06. The van der Waals surface area contributed by atoms with Crippen molar-refractivity contribution in [1.29, 1.82) is 15.8 Å². The van der Waals surface area contributed by atoms with Gasteiger partial charge in [0.2, 0.25) is 0 Å². The summed E-state index contributed by atoms with van der Waals surface area (Å²) in [5.74, 6) is 0.478. The number of hydrogen-bond donors (Lipinski definition) is 1. The molecule has 4 heteroatoms. The van der Waals surface area contributed by atoms with Gasteiger partial charge in [0.15, 0.2) is 5.41 Å². The van der Waals surface area contributed by atoms with Crippen molar-refractivity contribution in [3.63, 3.8) is 0 Å². The molecule has 0 aromatic carbocycles. The second kappa shape index (κ2) is 5.63. The van der Waals surface area contributed by atoms with Gasteiger partial charge in [0.25, 0.3) is 0 Å². The molecule has 0 unspecified atom stereocenters. The maximum absolute atomic E-state index is 9.66. The number of hydrogen-bond acceptors (Lipinski definition) is 4. The standard InChI is InChI=1S/C17H20N4/c1-3-4-15-13-7-11(2)5-6-12(13)14(8-18)16(21)17(15,9-19)10-20/h6,11,13,15H,3-5,7,21H2,1-2H3/t11-,13-,15-/m1/s1. The molecule has 0 aromatic heterocycles. The first-order valence-electron chi connectivity index (χ1n) is 7.48. The van der Waals surface area contributed by atoms with Gasteiger partial charge >= 0.3 is 0 Å². The number of fused-ring (bicyclic) bond motifs is 1. The van der Waals surface area contributed by atoms with Crippen LogP contribution in [-0.2, 0) is 0 Å². The fourth-order valence-corrected chi connectivity index (χ4v) is 3.82. The zero-order valence-electron chi connectivity index (χ0n) is 12.6. The molecule has 2 rings (SSSR count). The first-order chi connectivity index (χ1) is 10.1. The molecule has 0 amide bonds. The van der Waals surface area contributed by atoms with Crippen LogP contribution in [0.5, 0.6) is 0 Å². The number of nitriles is 3. The van der Waals surface area contributed by atoms with E-state index in [1.165, 1.54) is 0 Å². The number of allylic oxidation sites excluding steroid dienone is 4. The molecule has 0 aromatic rings. The lowest BCUT2D eigenvalue weighted by Gasteiger charge is -2.44. The summed E-state index contributed by atoms with van der Waals surface area (Å²) >= 11 is 0. The van der Waals surface area contributed by atoms with Crippen molar-refractivity contribution in [3.05, 3.63) is 22.9 Å². The second-order valence-corrected chi connectivity index (χ2v) is 6.17. The topological polar surface area (TPSA) is 97.4 Å². The zero-order chi connectivity index (χ0) is 15.6. The van der Waals surface area contributed by atoms with E-state index in [4.69, 9.17) is 5.73 Å². The fourth-order valence-electron chi connectivity index (χ4n) is 3.82. The zero-order valence-corrected chi connectivity index (χ0v) is 12.6. The predicted octanol–water partition coefficient (Wildman–Crippen LogP) is 3.16. The van der Waals surface area contributed by atoms with Gasteiger partial charge in [-0.05, 0) is 36.7 Å². The molecule has 0 heterocycles. The molecule has 0 saturated heterocycles. The van der Waals surface area contributed by atoms with E-state index >= 15 is 0 Å². The predicted molar refractivity (Wildman–Crippen MR) is 78.9 cm³/mol. The highest BCUT2D eigenvalue weighted by atomic mass is 14.7. The fraction of sp³-hybridized carbons (Fsp3) is 0.588. The van der Waals surface area contributed by atoms with Crippen molar-refractivity contribution in [3.8, 4) is 18.2 Å². The lowest BCUT2D eigenvalue weighted by Crippen LogP contribution is -2.44. The monoisotopic (exact) mass is 280 g/mol. The Labute approximate surface area is 126 Å². The van der Waals surface area contributed by atoms with E-state index in [9.17, 15) is 15.8 Å². The van der Waals surface area contributed by atoms with Crippen LogP contribution in [0.15, 0.2) is 22.9 Å². The van der Waals surface area contributed by atoms with Gasteiger partial charge in [-0.1, -0.05) is 26.3 Å². The van der Waals surface area contributed by atoms with Crippen LogP contribution >= 0.6 is 0 Å². The quantitative estimate of drug-likeness (QED) is 0.840. The Balaban J connectivity index is 2.71. The van der Waals surface area contributed by atoms with Crippen LogP contribution in [0.3, 0.4) is 0 Å². The van der Waals surface area contributed by atoms with E-state index in [2.05, 4.69) is 38.1 Å². The summed E-state index contributed by atoms with van der Waals surface area (Å²) in [7, 11) is 0. The summed E-state index contributed by atoms with van der Waals surface area (Å²) < 4.78 is 0. The SMILES string of the molecule is CCC[C@@H]1[C@@H]2C[C@H](C)CC=C2C(C#N)=C(N)C1(C#N)C#N. The molecule has 0 fully saturated rings. The van der Waals surface area contributed by atoms with E-state index in [1.807, 2.05) is 0 Å². The Bertz CT molecular complexity index is 607. The van der Waals surface area contributed by atoms with Crippen LogP contribution in [0.2, 0.25) is 0 Å². The van der Waals surface area contributed by atoms with Crippen LogP contribution < -0.4 is 5.73 Å². The molecule has 4 nitrogen and oxygen atoms in total. The lowest BCUT2D eigenvalue weighted by molar-refractivity contribution is 0.200. The van der Waals surface area contributed by atoms with E-state index in [0.717, 1.165) is 31.3 Å². The van der Waals surface area contributed by atoms with Crippen LogP contribution in [0.1, 0.15) is 39.5 Å². The first kappa shape index (κ1) is 15.1. The summed E-state index contributed by atoms with van der Waals surface area (Å²) in [6.45, 7) is 4.22. The molecular formula is C17H20N4. The maximum atomic E-state index is 9.66. The van der Waals surface area contributed by atoms with Gasteiger partial charge in [0.1, 0.15) is 6.07 Å². The van der Waals surface area contributed by atoms with Gasteiger partial charge < -0.3 is 5.73 Å². The molecule has 0 saturated carbocycles. The van der Waals surface area contributed by atoms with Crippen molar-refractivity contribution in [2.75, 3.05) is 0 Å². The van der Waals surface area contributed by atoms with Gasteiger partial charge in [-0.25, -0.2) is 0 Å². The molecule has 2 aliphatic carbocycles. The van der Waals surface area contributed by atoms with E-state index in [1.54, 1.807) is 0 Å². The molecule has 3 atom stereocenters. The minimum absolute atomic E-state index is 0.0925. The van der Waals surface area contributed by atoms with E-state index in [0.29, 0.717) is 11.5 Å². The smallest absolute Gasteiger partial charge is 0.187 e. The van der Waals surface area contributed by atoms with Crippen LogP contribution in [-0.4, -0.2) is 0 Å². The Hall–Kier alpha value is -2.25. The molecule has 0 spiro atoms. The van der Waals surface area contributed by atoms with Gasteiger partial charge in [0.05, 0.1) is 23.4 Å². The highest BCUT2D eigenvalue weighted by Gasteiger charge is 2.52. The average molecular weight is 280 g/mol. The number of rotatable bonds is 2. The van der Waals surface area contributed by atoms with Crippen molar-refractivity contribution < 1.29 is 0 Å². The maximum Gasteiger partial charge on any atom is 0.187 e. The Morgan fingerprint density at radius 1 is 1.33 bits per heavy atom. The molecule has 0 bridgehead atoms. The third-order valence-corrected chi connectivity index (χ3v) is 4.88. The Morgan fingerprint density at radius 2 is 2.00 bits per heavy atom. The summed E-state index contributed by atoms with van der Waals surface area (Å²) in [5.41, 5.74) is 6.25. The summed E-state index contributed by atoms with van der Waals surface area (Å²) in [6.07, 6.45) is 5.60. The van der Waals surface area contributed by atoms with E-state index in [-0.39, 0.29) is 17.5 Å². The summed E-state index contributed by atoms with van der Waals surface area (Å²) in [4.78, 5) is 0. The van der Waals surface area contributed by atoms with Crippen molar-refractivity contribution in [2.45, 2.75) is 39.5 Å². The van der Waals surface area contributed by atoms with Crippen LogP contribution in [0.25, 0.3) is 0 Å². The van der Waals surface area contributed by atoms with Gasteiger partial charge in [-0.2, -0.15) is 15.8 Å². The molecule has 21 heavy (non-hydrogen) atoms. The minimum Gasteiger partial charge on any atom is -0.399 e. The molecule has 0 aliphatic heterocycles. The normalized spacial score (nSPS) is 30.4. The first-order valence-corrected chi connectivity index (χ1v) is 7.48. The third-order valence-electron chi connectivity index (χ3n) is 4.88. The largest absolute Gasteiger partial charge is 0.399 e. The minimum atomic E-state index is -1.36. The average Bonchev–Trinajstić information content (AvgIpc) is 2.49. The second-order valence-electron chi connectivity index (χ2n) is 6.17. The van der Waals surface area contributed by atoms with E-state index < -0.39 is 5.41 Å². The molecule has 0 radical (unpaired) electrons. The van der Waals surface area contributed by atoms with Gasteiger partial charge in [-0.3, -0.25) is 0 Å². The van der Waals surface area contributed by atoms with Crippen LogP contribution in [0.4, 0.5) is 0 Å². The van der Waals surface area contributed by atoms with Crippen molar-refractivity contribution in [2.24, 2.45) is 28.9 Å². The van der Waals surface area contributed by atoms with Crippen molar-refractivity contribution >= 4 is 0 Å². The van der Waals surface area contributed by atoms with Crippen molar-refractivity contribution in [1.82, 2.24) is 0 Å². The Morgan fingerprint density at radius 3 is 2.52 bits per heavy atom. The highest BCUT2D eigenvalue weighted by molar-refractivity contribution is 5.56. The van der Waals surface area contributed by atoms with Crippen LogP contribution in [0, 0.1) is 57.2 Å². The molecule has 108 valence electrons. The molecule has 2 N–H and O–H groups in total. The molecule has 2 aliphatic rings.